The normalized spacial score (nSPS) is 10.8. The molecule has 29 heavy (non-hydrogen) atoms. The highest BCUT2D eigenvalue weighted by Crippen LogP contribution is 2.19. The first kappa shape index (κ1) is 18.6. The lowest BCUT2D eigenvalue weighted by Gasteiger charge is -2.13. The molecule has 0 atom stereocenters. The summed E-state index contributed by atoms with van der Waals surface area (Å²) in [5, 5.41) is 2.91. The zero-order chi connectivity index (χ0) is 20.4. The number of carbonyl (C=O) groups is 1. The summed E-state index contributed by atoms with van der Waals surface area (Å²) in [6.45, 7) is 4.13. The van der Waals surface area contributed by atoms with Crippen LogP contribution in [0.15, 0.2) is 77.6 Å². The van der Waals surface area contributed by atoms with Gasteiger partial charge in [0.25, 0.3) is 11.5 Å². The van der Waals surface area contributed by atoms with Crippen molar-refractivity contribution in [2.24, 2.45) is 0 Å². The van der Waals surface area contributed by atoms with Crippen molar-refractivity contribution in [2.75, 3.05) is 5.32 Å². The molecule has 0 saturated carbocycles. The quantitative estimate of drug-likeness (QED) is 0.571. The first-order chi connectivity index (χ1) is 14.0. The number of aryl methyl sites for hydroxylation is 2. The summed E-state index contributed by atoms with van der Waals surface area (Å²) in [5.41, 5.74) is 5.02. The molecule has 1 heterocycles. The molecule has 1 aromatic heterocycles. The average Bonchev–Trinajstić information content (AvgIpc) is 2.72. The van der Waals surface area contributed by atoms with Crippen LogP contribution in [0.25, 0.3) is 11.0 Å². The monoisotopic (exact) mass is 383 g/mol. The lowest BCUT2D eigenvalue weighted by Crippen LogP contribution is -2.24. The van der Waals surface area contributed by atoms with Crippen LogP contribution in [0.5, 0.6) is 0 Å². The SMILES string of the molecule is Cc1cccc(C(=O)Nc2ccc3c(c2)nc(C)c(=O)n3Cc2ccccc2)c1. The van der Waals surface area contributed by atoms with Gasteiger partial charge in [-0.3, -0.25) is 9.59 Å². The average molecular weight is 383 g/mol. The molecule has 0 aliphatic rings. The Morgan fingerprint density at radius 2 is 1.76 bits per heavy atom. The fourth-order valence-corrected chi connectivity index (χ4v) is 3.36. The number of fused-ring (bicyclic) bond motifs is 1. The van der Waals surface area contributed by atoms with Gasteiger partial charge >= 0.3 is 0 Å². The second kappa shape index (κ2) is 7.72. The topological polar surface area (TPSA) is 64.0 Å². The second-order valence-corrected chi connectivity index (χ2v) is 7.10. The Morgan fingerprint density at radius 1 is 0.966 bits per heavy atom. The van der Waals surface area contributed by atoms with E-state index in [1.54, 1.807) is 29.7 Å². The Kier molecular flexibility index (Phi) is 4.96. The van der Waals surface area contributed by atoms with Gasteiger partial charge in [-0.25, -0.2) is 4.98 Å². The van der Waals surface area contributed by atoms with Crippen LogP contribution < -0.4 is 10.9 Å². The van der Waals surface area contributed by atoms with E-state index in [-0.39, 0.29) is 11.5 Å². The third kappa shape index (κ3) is 3.94. The van der Waals surface area contributed by atoms with Crippen molar-refractivity contribution in [1.29, 1.82) is 0 Å². The van der Waals surface area contributed by atoms with Crippen molar-refractivity contribution in [3.63, 3.8) is 0 Å². The third-order valence-electron chi connectivity index (χ3n) is 4.83. The van der Waals surface area contributed by atoms with E-state index in [4.69, 9.17) is 0 Å². The van der Waals surface area contributed by atoms with E-state index in [9.17, 15) is 9.59 Å². The minimum atomic E-state index is -0.178. The van der Waals surface area contributed by atoms with Crippen LogP contribution in [0, 0.1) is 13.8 Å². The van der Waals surface area contributed by atoms with Gasteiger partial charge < -0.3 is 9.88 Å². The molecular formula is C24H21N3O2. The predicted molar refractivity (Wildman–Crippen MR) is 115 cm³/mol. The number of nitrogens with one attached hydrogen (secondary N) is 1. The zero-order valence-corrected chi connectivity index (χ0v) is 16.3. The van der Waals surface area contributed by atoms with E-state index in [0.29, 0.717) is 29.0 Å². The van der Waals surface area contributed by atoms with Crippen molar-refractivity contribution in [1.82, 2.24) is 9.55 Å². The number of hydrogen-bond acceptors (Lipinski definition) is 3. The fourth-order valence-electron chi connectivity index (χ4n) is 3.36. The molecule has 0 aliphatic heterocycles. The van der Waals surface area contributed by atoms with Crippen molar-refractivity contribution in [3.8, 4) is 0 Å². The molecule has 0 radical (unpaired) electrons. The van der Waals surface area contributed by atoms with Gasteiger partial charge in [-0.15, -0.1) is 0 Å². The van der Waals surface area contributed by atoms with Crippen molar-refractivity contribution in [2.45, 2.75) is 20.4 Å². The number of nitrogens with zero attached hydrogens (tertiary/aromatic N) is 2. The molecule has 4 rings (SSSR count). The molecule has 0 saturated heterocycles. The highest BCUT2D eigenvalue weighted by atomic mass is 16.1. The first-order valence-electron chi connectivity index (χ1n) is 9.44. The van der Waals surface area contributed by atoms with Crippen LogP contribution in [0.2, 0.25) is 0 Å². The van der Waals surface area contributed by atoms with E-state index in [1.807, 2.05) is 61.5 Å². The Labute approximate surface area is 168 Å². The van der Waals surface area contributed by atoms with Crippen LogP contribution in [0.1, 0.15) is 27.2 Å². The van der Waals surface area contributed by atoms with E-state index in [2.05, 4.69) is 10.3 Å². The number of carbonyl (C=O) groups excluding carboxylic acids is 1. The lowest BCUT2D eigenvalue weighted by atomic mass is 10.1. The van der Waals surface area contributed by atoms with E-state index < -0.39 is 0 Å². The van der Waals surface area contributed by atoms with Gasteiger partial charge in [-0.05, 0) is 49.7 Å². The minimum absolute atomic E-state index is 0.113. The molecule has 0 bridgehead atoms. The van der Waals surface area contributed by atoms with Crippen molar-refractivity contribution in [3.05, 3.63) is 106 Å². The number of hydrogen-bond donors (Lipinski definition) is 1. The lowest BCUT2D eigenvalue weighted by molar-refractivity contribution is 0.102. The molecule has 3 aromatic carbocycles. The molecule has 1 N–H and O–H groups in total. The fraction of sp³-hybridized carbons (Fsp3) is 0.125. The van der Waals surface area contributed by atoms with Crippen molar-refractivity contribution < 1.29 is 4.79 Å². The maximum atomic E-state index is 12.7. The second-order valence-electron chi connectivity index (χ2n) is 7.10. The molecule has 0 unspecified atom stereocenters. The molecule has 0 aliphatic carbocycles. The van der Waals surface area contributed by atoms with Gasteiger partial charge in [0.05, 0.1) is 17.6 Å². The van der Waals surface area contributed by atoms with Gasteiger partial charge in [-0.2, -0.15) is 0 Å². The van der Waals surface area contributed by atoms with Crippen LogP contribution in [-0.2, 0) is 6.54 Å². The molecular weight excluding hydrogens is 362 g/mol. The highest BCUT2D eigenvalue weighted by molar-refractivity contribution is 6.05. The summed E-state index contributed by atoms with van der Waals surface area (Å²) in [7, 11) is 0. The summed E-state index contributed by atoms with van der Waals surface area (Å²) in [4.78, 5) is 29.7. The molecule has 0 spiro atoms. The number of amides is 1. The molecule has 1 amide bonds. The van der Waals surface area contributed by atoms with Crippen molar-refractivity contribution >= 4 is 22.6 Å². The van der Waals surface area contributed by atoms with Crippen LogP contribution >= 0.6 is 0 Å². The van der Waals surface area contributed by atoms with E-state index >= 15 is 0 Å². The van der Waals surface area contributed by atoms with Crippen LogP contribution in [0.4, 0.5) is 5.69 Å². The standard InChI is InChI=1S/C24H21N3O2/c1-16-7-6-10-19(13-16)23(28)26-20-11-12-22-21(14-20)25-17(2)24(29)27(22)15-18-8-4-3-5-9-18/h3-14H,15H2,1-2H3,(H,26,28). The van der Waals surface area contributed by atoms with Gasteiger partial charge in [0.15, 0.2) is 0 Å². The maximum Gasteiger partial charge on any atom is 0.272 e. The molecule has 4 aromatic rings. The number of benzene rings is 3. The first-order valence-corrected chi connectivity index (χ1v) is 9.44. The van der Waals surface area contributed by atoms with Crippen LogP contribution in [0.3, 0.4) is 0 Å². The minimum Gasteiger partial charge on any atom is -0.322 e. The Hall–Kier alpha value is -3.73. The Bertz CT molecular complexity index is 1260. The summed E-state index contributed by atoms with van der Waals surface area (Å²) < 4.78 is 1.72. The molecule has 0 fully saturated rings. The molecule has 144 valence electrons. The summed E-state index contributed by atoms with van der Waals surface area (Å²) >= 11 is 0. The number of rotatable bonds is 4. The van der Waals surface area contributed by atoms with E-state index in [0.717, 1.165) is 16.6 Å². The van der Waals surface area contributed by atoms with Gasteiger partial charge in [0.2, 0.25) is 0 Å². The highest BCUT2D eigenvalue weighted by Gasteiger charge is 2.11. The smallest absolute Gasteiger partial charge is 0.272 e. The molecule has 5 nitrogen and oxygen atoms in total. The van der Waals surface area contributed by atoms with Crippen LogP contribution in [-0.4, -0.2) is 15.5 Å². The number of aromatic nitrogens is 2. The van der Waals surface area contributed by atoms with Gasteiger partial charge in [0, 0.05) is 11.3 Å². The van der Waals surface area contributed by atoms with E-state index in [1.165, 1.54) is 0 Å². The Morgan fingerprint density at radius 3 is 2.52 bits per heavy atom. The third-order valence-corrected chi connectivity index (χ3v) is 4.83. The largest absolute Gasteiger partial charge is 0.322 e. The maximum absolute atomic E-state index is 12.7. The summed E-state index contributed by atoms with van der Waals surface area (Å²) in [6, 6.07) is 22.7. The summed E-state index contributed by atoms with van der Waals surface area (Å²) in [6.07, 6.45) is 0. The zero-order valence-electron chi connectivity index (χ0n) is 16.3. The van der Waals surface area contributed by atoms with Gasteiger partial charge in [-0.1, -0.05) is 48.0 Å². The number of anilines is 1. The molecule has 5 heteroatoms. The Balaban J connectivity index is 1.70. The predicted octanol–water partition coefficient (Wildman–Crippen LogP) is 4.31. The van der Waals surface area contributed by atoms with Gasteiger partial charge in [0.1, 0.15) is 5.69 Å². The summed E-state index contributed by atoms with van der Waals surface area (Å²) in [5.74, 6) is -0.178.